The second kappa shape index (κ2) is 9.97. The van der Waals surface area contributed by atoms with Crippen LogP contribution in [-0.4, -0.2) is 20.4 Å². The van der Waals surface area contributed by atoms with Crippen molar-refractivity contribution < 1.29 is 17.9 Å². The van der Waals surface area contributed by atoms with E-state index in [1.165, 1.54) is 12.1 Å². The summed E-state index contributed by atoms with van der Waals surface area (Å²) in [4.78, 5) is 12.7. The van der Waals surface area contributed by atoms with Gasteiger partial charge in [0, 0.05) is 11.1 Å². The van der Waals surface area contributed by atoms with Gasteiger partial charge in [0.15, 0.2) is 6.10 Å². The summed E-state index contributed by atoms with van der Waals surface area (Å²) in [5.41, 5.74) is 2.01. The molecule has 0 aliphatic heterocycles. The van der Waals surface area contributed by atoms with E-state index >= 15 is 0 Å². The quantitative estimate of drug-likeness (QED) is 0.348. The number of nitrogens with one attached hydrogen (secondary N) is 2. The van der Waals surface area contributed by atoms with E-state index in [1.807, 2.05) is 61.5 Å². The van der Waals surface area contributed by atoms with E-state index in [2.05, 4.69) is 10.0 Å². The SMILES string of the molecule is CCc1ccccc1O[C@@H](C)C(=O)Nc1ccc(S(=O)(=O)Nc2cccc3ccccc23)cc1. The van der Waals surface area contributed by atoms with Gasteiger partial charge in [-0.1, -0.05) is 61.5 Å². The lowest BCUT2D eigenvalue weighted by atomic mass is 10.1. The van der Waals surface area contributed by atoms with E-state index in [4.69, 9.17) is 4.74 Å². The molecule has 1 atom stereocenters. The molecule has 4 aromatic rings. The Balaban J connectivity index is 1.44. The number of sulfonamides is 1. The smallest absolute Gasteiger partial charge is 0.265 e. The molecule has 0 bridgehead atoms. The van der Waals surface area contributed by atoms with E-state index in [0.29, 0.717) is 17.1 Å². The van der Waals surface area contributed by atoms with Crippen molar-refractivity contribution in [3.05, 3.63) is 96.6 Å². The van der Waals surface area contributed by atoms with Gasteiger partial charge < -0.3 is 10.1 Å². The fourth-order valence-corrected chi connectivity index (χ4v) is 4.71. The first-order valence-electron chi connectivity index (χ1n) is 11.0. The minimum absolute atomic E-state index is 0.0969. The van der Waals surface area contributed by atoms with Gasteiger partial charge in [-0.3, -0.25) is 9.52 Å². The normalized spacial score (nSPS) is 12.2. The van der Waals surface area contributed by atoms with Crippen LogP contribution in [0.2, 0.25) is 0 Å². The number of para-hydroxylation sites is 1. The standard InChI is InChI=1S/C27H26N2O4S/c1-3-20-9-5-7-14-26(20)33-19(2)27(30)28-22-15-17-23(18-16-22)34(31,32)29-25-13-8-11-21-10-4-6-12-24(21)25/h4-19,29H,3H2,1-2H3,(H,28,30)/t19-/m0/s1. The molecule has 0 fully saturated rings. The number of carbonyl (C=O) groups excluding carboxylic acids is 1. The molecule has 0 aliphatic carbocycles. The maximum absolute atomic E-state index is 12.9. The molecular formula is C27H26N2O4S. The van der Waals surface area contributed by atoms with Crippen LogP contribution in [0.15, 0.2) is 95.9 Å². The third-order valence-electron chi connectivity index (χ3n) is 5.49. The topological polar surface area (TPSA) is 84.5 Å². The van der Waals surface area contributed by atoms with Gasteiger partial charge in [-0.25, -0.2) is 8.42 Å². The van der Waals surface area contributed by atoms with Crippen LogP contribution in [0.3, 0.4) is 0 Å². The van der Waals surface area contributed by atoms with Crippen molar-refractivity contribution in [3.63, 3.8) is 0 Å². The molecule has 0 saturated heterocycles. The molecular weight excluding hydrogens is 448 g/mol. The maximum Gasteiger partial charge on any atom is 0.265 e. The predicted octanol–water partition coefficient (Wildman–Crippen LogP) is 5.61. The molecule has 1 amide bonds. The van der Waals surface area contributed by atoms with Gasteiger partial charge >= 0.3 is 0 Å². The molecule has 4 rings (SSSR count). The van der Waals surface area contributed by atoms with E-state index in [0.717, 1.165) is 22.8 Å². The van der Waals surface area contributed by atoms with Crippen LogP contribution in [0.1, 0.15) is 19.4 Å². The summed E-state index contributed by atoms with van der Waals surface area (Å²) >= 11 is 0. The van der Waals surface area contributed by atoms with Gasteiger partial charge in [0.2, 0.25) is 0 Å². The fourth-order valence-electron chi connectivity index (χ4n) is 3.63. The number of hydrogen-bond acceptors (Lipinski definition) is 4. The number of anilines is 2. The number of benzene rings is 4. The molecule has 4 aromatic carbocycles. The molecule has 0 aromatic heterocycles. The maximum atomic E-state index is 12.9. The zero-order valence-electron chi connectivity index (χ0n) is 19.0. The van der Waals surface area contributed by atoms with E-state index in [1.54, 1.807) is 31.2 Å². The number of ether oxygens (including phenoxy) is 1. The Morgan fingerprint density at radius 2 is 1.56 bits per heavy atom. The third kappa shape index (κ3) is 5.21. The lowest BCUT2D eigenvalue weighted by Gasteiger charge is -2.17. The van der Waals surface area contributed by atoms with Crippen molar-refractivity contribution in [1.29, 1.82) is 0 Å². The Bertz CT molecular complexity index is 1410. The van der Waals surface area contributed by atoms with E-state index in [-0.39, 0.29) is 10.8 Å². The summed E-state index contributed by atoms with van der Waals surface area (Å²) in [6, 6.07) is 26.7. The van der Waals surface area contributed by atoms with E-state index < -0.39 is 16.1 Å². The lowest BCUT2D eigenvalue weighted by molar-refractivity contribution is -0.122. The Kier molecular flexibility index (Phi) is 6.84. The summed E-state index contributed by atoms with van der Waals surface area (Å²) in [6.45, 7) is 3.70. The highest BCUT2D eigenvalue weighted by Crippen LogP contribution is 2.26. The van der Waals surface area contributed by atoms with Gasteiger partial charge in [0.1, 0.15) is 5.75 Å². The van der Waals surface area contributed by atoms with Crippen molar-refractivity contribution in [1.82, 2.24) is 0 Å². The average Bonchev–Trinajstić information content (AvgIpc) is 2.84. The molecule has 0 radical (unpaired) electrons. The van der Waals surface area contributed by atoms with Crippen LogP contribution in [-0.2, 0) is 21.2 Å². The van der Waals surface area contributed by atoms with Crippen LogP contribution >= 0.6 is 0 Å². The predicted molar refractivity (Wildman–Crippen MR) is 136 cm³/mol. The first kappa shape index (κ1) is 23.3. The molecule has 0 aliphatic rings. The number of fused-ring (bicyclic) bond motifs is 1. The van der Waals surface area contributed by atoms with Crippen LogP contribution in [0, 0.1) is 0 Å². The molecule has 7 heteroatoms. The Labute approximate surface area is 199 Å². The zero-order valence-corrected chi connectivity index (χ0v) is 19.8. The van der Waals surface area contributed by atoms with Gasteiger partial charge in [-0.15, -0.1) is 0 Å². The number of rotatable bonds is 8. The van der Waals surface area contributed by atoms with Crippen LogP contribution in [0.4, 0.5) is 11.4 Å². The summed E-state index contributed by atoms with van der Waals surface area (Å²) in [5.74, 6) is 0.351. The summed E-state index contributed by atoms with van der Waals surface area (Å²) < 4.78 is 34.4. The van der Waals surface area contributed by atoms with Crippen LogP contribution in [0.5, 0.6) is 5.75 Å². The zero-order chi connectivity index (χ0) is 24.1. The number of carbonyl (C=O) groups is 1. The van der Waals surface area contributed by atoms with Crippen molar-refractivity contribution in [2.24, 2.45) is 0 Å². The molecule has 0 heterocycles. The summed E-state index contributed by atoms with van der Waals surface area (Å²) in [7, 11) is -3.80. The largest absolute Gasteiger partial charge is 0.481 e. The molecule has 174 valence electrons. The number of aryl methyl sites for hydroxylation is 1. The van der Waals surface area contributed by atoms with Crippen molar-refractivity contribution >= 4 is 38.1 Å². The monoisotopic (exact) mass is 474 g/mol. The average molecular weight is 475 g/mol. The van der Waals surface area contributed by atoms with Crippen molar-refractivity contribution in [3.8, 4) is 5.75 Å². The van der Waals surface area contributed by atoms with Gasteiger partial charge in [0.05, 0.1) is 10.6 Å². The molecule has 34 heavy (non-hydrogen) atoms. The summed E-state index contributed by atoms with van der Waals surface area (Å²) in [6.07, 6.45) is 0.0805. The Hall–Kier alpha value is -3.84. The van der Waals surface area contributed by atoms with Crippen molar-refractivity contribution in [2.45, 2.75) is 31.3 Å². The van der Waals surface area contributed by atoms with Gasteiger partial charge in [-0.2, -0.15) is 0 Å². The Morgan fingerprint density at radius 1 is 0.882 bits per heavy atom. The van der Waals surface area contributed by atoms with Crippen LogP contribution in [0.25, 0.3) is 10.8 Å². The second-order valence-electron chi connectivity index (χ2n) is 7.87. The molecule has 0 unspecified atom stereocenters. The van der Waals surface area contributed by atoms with Crippen LogP contribution < -0.4 is 14.8 Å². The fraction of sp³-hybridized carbons (Fsp3) is 0.148. The first-order valence-corrected chi connectivity index (χ1v) is 12.5. The highest BCUT2D eigenvalue weighted by atomic mass is 32.2. The highest BCUT2D eigenvalue weighted by molar-refractivity contribution is 7.92. The second-order valence-corrected chi connectivity index (χ2v) is 9.55. The van der Waals surface area contributed by atoms with Gasteiger partial charge in [-0.05, 0) is 60.7 Å². The third-order valence-corrected chi connectivity index (χ3v) is 6.87. The van der Waals surface area contributed by atoms with E-state index in [9.17, 15) is 13.2 Å². The minimum Gasteiger partial charge on any atom is -0.481 e. The summed E-state index contributed by atoms with van der Waals surface area (Å²) in [5, 5.41) is 4.53. The Morgan fingerprint density at radius 3 is 2.32 bits per heavy atom. The molecule has 6 nitrogen and oxygen atoms in total. The lowest BCUT2D eigenvalue weighted by Crippen LogP contribution is -2.30. The first-order chi connectivity index (χ1) is 16.4. The molecule has 0 saturated carbocycles. The highest BCUT2D eigenvalue weighted by Gasteiger charge is 2.18. The minimum atomic E-state index is -3.80. The molecule has 0 spiro atoms. The van der Waals surface area contributed by atoms with Gasteiger partial charge in [0.25, 0.3) is 15.9 Å². The molecule has 2 N–H and O–H groups in total. The number of hydrogen-bond donors (Lipinski definition) is 2. The van der Waals surface area contributed by atoms with Crippen molar-refractivity contribution in [2.75, 3.05) is 10.0 Å². The number of amides is 1.